The Morgan fingerprint density at radius 3 is 2.50 bits per heavy atom. The van der Waals surface area contributed by atoms with Gasteiger partial charge in [0.25, 0.3) is 5.56 Å². The second kappa shape index (κ2) is 5.88. The van der Waals surface area contributed by atoms with E-state index in [1.807, 2.05) is 24.3 Å². The molecule has 0 atom stereocenters. The fourth-order valence-corrected chi connectivity index (χ4v) is 2.77. The fourth-order valence-electron chi connectivity index (χ4n) is 2.77. The summed E-state index contributed by atoms with van der Waals surface area (Å²) >= 11 is 0. The smallest absolute Gasteiger partial charge is 0.296 e. The maximum atomic E-state index is 11.9. The van der Waals surface area contributed by atoms with Crippen molar-refractivity contribution >= 4 is 16.8 Å². The Bertz CT molecular complexity index is 860. The molecule has 2 heterocycles. The minimum atomic E-state index is -0.258. The number of likely N-dealkylation sites (N-methyl/N-ethyl adjacent to an activating group) is 1. The molecule has 0 aliphatic rings. The molecule has 0 aliphatic heterocycles. The predicted molar refractivity (Wildman–Crippen MR) is 87.3 cm³/mol. The van der Waals surface area contributed by atoms with Crippen molar-refractivity contribution in [2.45, 2.75) is 27.3 Å². The van der Waals surface area contributed by atoms with Gasteiger partial charge in [0.2, 0.25) is 5.78 Å². The van der Waals surface area contributed by atoms with Crippen LogP contribution in [0.3, 0.4) is 0 Å². The number of rotatable bonds is 5. The molecule has 22 heavy (non-hydrogen) atoms. The summed E-state index contributed by atoms with van der Waals surface area (Å²) in [6.45, 7) is 9.74. The van der Waals surface area contributed by atoms with Gasteiger partial charge in [0.1, 0.15) is 5.69 Å². The monoisotopic (exact) mass is 299 g/mol. The molecule has 6 heteroatoms. The first-order valence-electron chi connectivity index (χ1n) is 7.73. The van der Waals surface area contributed by atoms with Crippen LogP contribution < -0.4 is 5.56 Å². The van der Waals surface area contributed by atoms with Crippen LogP contribution in [0.4, 0.5) is 0 Å². The average Bonchev–Trinajstić information content (AvgIpc) is 2.83. The van der Waals surface area contributed by atoms with Crippen molar-refractivity contribution in [2.24, 2.45) is 0 Å². The van der Waals surface area contributed by atoms with Crippen LogP contribution in [0.25, 0.3) is 16.8 Å². The summed E-state index contributed by atoms with van der Waals surface area (Å²) in [5.41, 5.74) is 2.20. The molecule has 2 aromatic heterocycles. The standard InChI is InChI=1S/C16H21N5O/c1-4-19(5-2)10-11-20-13-8-6-7-9-14(13)21-16(20)17-15(22)12(3)18-21/h6-9H,4-5,10-11H2,1-3H3. The third-order valence-electron chi connectivity index (χ3n) is 4.13. The zero-order valence-electron chi connectivity index (χ0n) is 13.3. The molecular formula is C16H21N5O. The number of fused-ring (bicyclic) bond motifs is 3. The first-order chi connectivity index (χ1) is 10.7. The summed E-state index contributed by atoms with van der Waals surface area (Å²) in [5.74, 6) is 0.615. The summed E-state index contributed by atoms with van der Waals surface area (Å²) in [6.07, 6.45) is 0. The van der Waals surface area contributed by atoms with Gasteiger partial charge >= 0.3 is 0 Å². The van der Waals surface area contributed by atoms with Crippen LogP contribution in [0, 0.1) is 6.92 Å². The minimum absolute atomic E-state index is 0.258. The lowest BCUT2D eigenvalue weighted by molar-refractivity contribution is 0.293. The predicted octanol–water partition coefficient (Wildman–Crippen LogP) is 1.69. The van der Waals surface area contributed by atoms with Gasteiger partial charge in [-0.25, -0.2) is 0 Å². The topological polar surface area (TPSA) is 55.4 Å². The van der Waals surface area contributed by atoms with E-state index >= 15 is 0 Å². The van der Waals surface area contributed by atoms with E-state index in [9.17, 15) is 4.79 Å². The summed E-state index contributed by atoms with van der Waals surface area (Å²) in [6, 6.07) is 8.04. The number of hydrogen-bond acceptors (Lipinski definition) is 4. The molecular weight excluding hydrogens is 278 g/mol. The number of hydrogen-bond donors (Lipinski definition) is 0. The molecule has 0 fully saturated rings. The van der Waals surface area contributed by atoms with Gasteiger partial charge in [-0.3, -0.25) is 4.79 Å². The maximum absolute atomic E-state index is 11.9. The molecule has 0 aliphatic carbocycles. The van der Waals surface area contributed by atoms with Crippen LogP contribution in [0.2, 0.25) is 0 Å². The quantitative estimate of drug-likeness (QED) is 0.719. The van der Waals surface area contributed by atoms with E-state index in [-0.39, 0.29) is 5.56 Å². The van der Waals surface area contributed by atoms with Crippen LogP contribution in [-0.2, 0) is 6.54 Å². The fraction of sp³-hybridized carbons (Fsp3) is 0.438. The number of benzene rings is 1. The van der Waals surface area contributed by atoms with Gasteiger partial charge in [-0.15, -0.1) is 0 Å². The first kappa shape index (κ1) is 14.7. The van der Waals surface area contributed by atoms with Crippen LogP contribution >= 0.6 is 0 Å². The Morgan fingerprint density at radius 2 is 1.82 bits per heavy atom. The Balaban J connectivity index is 2.17. The SMILES string of the molecule is CCN(CC)CCn1c2ccccc2n2nc(C)c(=O)nc12. The van der Waals surface area contributed by atoms with Crippen LogP contribution in [0.1, 0.15) is 19.5 Å². The number of aryl methyl sites for hydroxylation is 1. The van der Waals surface area contributed by atoms with E-state index in [2.05, 4.69) is 33.4 Å². The Kier molecular flexibility index (Phi) is 3.94. The van der Waals surface area contributed by atoms with Crippen molar-refractivity contribution in [3.8, 4) is 0 Å². The lowest BCUT2D eigenvalue weighted by atomic mass is 10.3. The summed E-state index contributed by atoms with van der Waals surface area (Å²) in [7, 11) is 0. The van der Waals surface area contributed by atoms with E-state index in [0.717, 1.165) is 37.2 Å². The van der Waals surface area contributed by atoms with E-state index < -0.39 is 0 Å². The number of nitrogens with zero attached hydrogens (tertiary/aromatic N) is 5. The zero-order chi connectivity index (χ0) is 15.7. The molecule has 1 aromatic carbocycles. The van der Waals surface area contributed by atoms with Gasteiger partial charge in [-0.1, -0.05) is 26.0 Å². The Labute approximate surface area is 129 Å². The highest BCUT2D eigenvalue weighted by Gasteiger charge is 2.14. The molecule has 0 saturated carbocycles. The highest BCUT2D eigenvalue weighted by Crippen LogP contribution is 2.18. The third-order valence-corrected chi connectivity index (χ3v) is 4.13. The molecule has 0 radical (unpaired) electrons. The molecule has 6 nitrogen and oxygen atoms in total. The first-order valence-corrected chi connectivity index (χ1v) is 7.73. The van der Waals surface area contributed by atoms with Crippen molar-refractivity contribution in [1.29, 1.82) is 0 Å². The molecule has 0 N–H and O–H groups in total. The molecule has 0 amide bonds. The Morgan fingerprint density at radius 1 is 1.14 bits per heavy atom. The highest BCUT2D eigenvalue weighted by atomic mass is 16.1. The molecule has 0 saturated heterocycles. The molecule has 0 unspecified atom stereocenters. The normalized spacial score (nSPS) is 11.8. The van der Waals surface area contributed by atoms with Crippen LogP contribution in [0.5, 0.6) is 0 Å². The highest BCUT2D eigenvalue weighted by molar-refractivity contribution is 5.80. The number of para-hydroxylation sites is 2. The molecule has 0 spiro atoms. The largest absolute Gasteiger partial charge is 0.307 e. The van der Waals surface area contributed by atoms with E-state index in [1.54, 1.807) is 11.4 Å². The van der Waals surface area contributed by atoms with Crippen molar-refractivity contribution in [3.05, 3.63) is 40.3 Å². The zero-order valence-corrected chi connectivity index (χ0v) is 13.3. The van der Waals surface area contributed by atoms with Gasteiger partial charge in [0, 0.05) is 13.1 Å². The van der Waals surface area contributed by atoms with Crippen LogP contribution in [0.15, 0.2) is 29.1 Å². The van der Waals surface area contributed by atoms with Gasteiger partial charge < -0.3 is 9.47 Å². The Hall–Kier alpha value is -2.21. The van der Waals surface area contributed by atoms with Crippen molar-refractivity contribution in [3.63, 3.8) is 0 Å². The second-order valence-electron chi connectivity index (χ2n) is 5.38. The van der Waals surface area contributed by atoms with Gasteiger partial charge in [-0.2, -0.15) is 14.6 Å². The lowest BCUT2D eigenvalue weighted by Crippen LogP contribution is -2.27. The summed E-state index contributed by atoms with van der Waals surface area (Å²) < 4.78 is 3.86. The average molecular weight is 299 g/mol. The number of imidazole rings is 1. The molecule has 116 valence electrons. The summed E-state index contributed by atoms with van der Waals surface area (Å²) in [4.78, 5) is 18.5. The molecule has 3 rings (SSSR count). The number of aromatic nitrogens is 4. The van der Waals surface area contributed by atoms with Gasteiger partial charge in [0.05, 0.1) is 11.0 Å². The van der Waals surface area contributed by atoms with Crippen molar-refractivity contribution < 1.29 is 0 Å². The van der Waals surface area contributed by atoms with Gasteiger partial charge in [0.15, 0.2) is 0 Å². The van der Waals surface area contributed by atoms with Crippen LogP contribution in [-0.4, -0.2) is 43.7 Å². The van der Waals surface area contributed by atoms with Crippen molar-refractivity contribution in [2.75, 3.05) is 19.6 Å². The summed E-state index contributed by atoms with van der Waals surface area (Å²) in [5, 5.41) is 4.40. The van der Waals surface area contributed by atoms with E-state index in [1.165, 1.54) is 0 Å². The van der Waals surface area contributed by atoms with Gasteiger partial charge in [-0.05, 0) is 32.1 Å². The van der Waals surface area contributed by atoms with E-state index in [0.29, 0.717) is 11.5 Å². The molecule has 0 bridgehead atoms. The lowest BCUT2D eigenvalue weighted by Gasteiger charge is -2.18. The minimum Gasteiger partial charge on any atom is -0.307 e. The van der Waals surface area contributed by atoms with E-state index in [4.69, 9.17) is 0 Å². The van der Waals surface area contributed by atoms with Crippen molar-refractivity contribution in [1.82, 2.24) is 24.1 Å². The molecule has 3 aromatic rings. The maximum Gasteiger partial charge on any atom is 0.296 e. The second-order valence-corrected chi connectivity index (χ2v) is 5.38. The third kappa shape index (κ3) is 2.39.